The summed E-state index contributed by atoms with van der Waals surface area (Å²) in [6, 6.07) is 5.25. The van der Waals surface area contributed by atoms with Gasteiger partial charge < -0.3 is 4.74 Å². The number of morpholine rings is 1. The number of hydrogen-bond acceptors (Lipinski definition) is 3. The Hall–Kier alpha value is -0.660. The molecule has 2 aliphatic rings. The van der Waals surface area contributed by atoms with Crippen LogP contribution in [0.2, 0.25) is 5.02 Å². The van der Waals surface area contributed by atoms with Crippen molar-refractivity contribution in [3.05, 3.63) is 26.8 Å². The van der Waals surface area contributed by atoms with E-state index in [0.29, 0.717) is 23.6 Å². The number of fused-ring (bicyclic) bond motifs is 2. The quantitative estimate of drug-likeness (QED) is 0.558. The van der Waals surface area contributed by atoms with Crippen molar-refractivity contribution in [1.82, 2.24) is 0 Å². The molecule has 2 saturated heterocycles. The van der Waals surface area contributed by atoms with Gasteiger partial charge in [-0.1, -0.05) is 11.6 Å². The molecule has 0 saturated carbocycles. The predicted octanol–water partition coefficient (Wildman–Crippen LogP) is 2.37. The molecule has 1 aromatic carbocycles. The van der Waals surface area contributed by atoms with Crippen molar-refractivity contribution in [3.8, 4) is 0 Å². The Labute approximate surface area is 122 Å². The third-order valence-electron chi connectivity index (χ3n) is 3.16. The minimum absolute atomic E-state index is 0.308. The number of halogens is 2. The van der Waals surface area contributed by atoms with E-state index in [9.17, 15) is 9.59 Å². The maximum atomic E-state index is 12.2. The number of carbonyl (C=O) groups is 2. The van der Waals surface area contributed by atoms with Gasteiger partial charge in [-0.2, -0.15) is 0 Å². The molecule has 0 aliphatic carbocycles. The monoisotopic (exact) mass is 377 g/mol. The minimum atomic E-state index is -0.497. The lowest BCUT2D eigenvalue weighted by molar-refractivity contribution is -0.146. The molecule has 0 radical (unpaired) electrons. The maximum absolute atomic E-state index is 12.2. The number of rotatable bonds is 1. The molecule has 4 nitrogen and oxygen atoms in total. The van der Waals surface area contributed by atoms with Crippen LogP contribution in [0.5, 0.6) is 0 Å². The Morgan fingerprint density at radius 3 is 2.39 bits per heavy atom. The second kappa shape index (κ2) is 4.47. The minimum Gasteiger partial charge on any atom is -0.355 e. The van der Waals surface area contributed by atoms with Gasteiger partial charge in [-0.3, -0.25) is 9.59 Å². The van der Waals surface area contributed by atoms with Crippen LogP contribution < -0.4 is 4.90 Å². The number of benzene rings is 1. The van der Waals surface area contributed by atoms with Gasteiger partial charge in [0.05, 0.1) is 10.7 Å². The van der Waals surface area contributed by atoms with Crippen molar-refractivity contribution in [2.75, 3.05) is 4.90 Å². The van der Waals surface area contributed by atoms with Crippen molar-refractivity contribution in [2.45, 2.75) is 25.0 Å². The van der Waals surface area contributed by atoms with E-state index in [1.807, 2.05) is 6.07 Å². The van der Waals surface area contributed by atoms with Gasteiger partial charge in [0.25, 0.3) is 11.8 Å². The summed E-state index contributed by atoms with van der Waals surface area (Å²) < 4.78 is 6.31. The number of anilines is 1. The fourth-order valence-corrected chi connectivity index (χ4v) is 3.24. The molecule has 2 atom stereocenters. The summed E-state index contributed by atoms with van der Waals surface area (Å²) in [6.07, 6.45) is 0.215. The summed E-state index contributed by atoms with van der Waals surface area (Å²) in [7, 11) is 0. The van der Waals surface area contributed by atoms with E-state index in [0.717, 1.165) is 3.57 Å². The van der Waals surface area contributed by atoms with E-state index in [2.05, 4.69) is 22.6 Å². The molecule has 0 N–H and O–H groups in total. The van der Waals surface area contributed by atoms with Crippen molar-refractivity contribution in [1.29, 1.82) is 0 Å². The van der Waals surface area contributed by atoms with Gasteiger partial charge in [0.1, 0.15) is 12.2 Å². The van der Waals surface area contributed by atoms with Gasteiger partial charge in [-0.05, 0) is 53.6 Å². The molecule has 2 unspecified atom stereocenters. The SMILES string of the molecule is O=C1C2CCC(O2)C(=O)N1c1ccc(I)cc1Cl. The molecular weight excluding hydrogens is 368 g/mol. The van der Waals surface area contributed by atoms with E-state index in [4.69, 9.17) is 16.3 Å². The molecule has 2 heterocycles. The van der Waals surface area contributed by atoms with E-state index in [-0.39, 0.29) is 11.8 Å². The van der Waals surface area contributed by atoms with Crippen LogP contribution in [-0.2, 0) is 14.3 Å². The second-order valence-electron chi connectivity index (χ2n) is 4.30. The fraction of sp³-hybridized carbons (Fsp3) is 0.333. The summed E-state index contributed by atoms with van der Waals surface area (Å²) in [5, 5.41) is 0.407. The third-order valence-corrected chi connectivity index (χ3v) is 4.14. The van der Waals surface area contributed by atoms with E-state index >= 15 is 0 Å². The van der Waals surface area contributed by atoms with E-state index in [1.54, 1.807) is 12.1 Å². The van der Waals surface area contributed by atoms with Crippen molar-refractivity contribution in [3.63, 3.8) is 0 Å². The summed E-state index contributed by atoms with van der Waals surface area (Å²) in [6.45, 7) is 0. The van der Waals surface area contributed by atoms with E-state index < -0.39 is 12.2 Å². The molecule has 1 aromatic rings. The normalized spacial score (nSPS) is 26.9. The molecule has 2 amide bonds. The summed E-state index contributed by atoms with van der Waals surface area (Å²) in [4.78, 5) is 25.5. The zero-order valence-electron chi connectivity index (χ0n) is 9.23. The fourth-order valence-electron chi connectivity index (χ4n) is 2.30. The summed E-state index contributed by atoms with van der Waals surface area (Å²) in [5.74, 6) is -0.617. The molecule has 3 rings (SSSR count). The standard InChI is InChI=1S/C12H9ClINO3/c13-7-5-6(14)1-2-8(7)15-11(16)9-3-4-10(18-9)12(15)17/h1-2,5,9-10H,3-4H2. The predicted molar refractivity (Wildman–Crippen MR) is 74.6 cm³/mol. The highest BCUT2D eigenvalue weighted by atomic mass is 127. The number of hydrogen-bond donors (Lipinski definition) is 0. The van der Waals surface area contributed by atoms with E-state index in [1.165, 1.54) is 4.90 Å². The Balaban J connectivity index is 2.05. The van der Waals surface area contributed by atoms with Gasteiger partial charge >= 0.3 is 0 Å². The Morgan fingerprint density at radius 2 is 1.83 bits per heavy atom. The molecule has 2 bridgehead atoms. The number of ether oxygens (including phenoxy) is 1. The average Bonchev–Trinajstić information content (AvgIpc) is 2.76. The molecular formula is C12H9ClINO3. The van der Waals surface area contributed by atoms with Crippen molar-refractivity contribution >= 4 is 51.7 Å². The highest BCUT2D eigenvalue weighted by Gasteiger charge is 2.47. The first kappa shape index (κ1) is 12.4. The molecule has 2 aliphatic heterocycles. The molecule has 94 valence electrons. The van der Waals surface area contributed by atoms with Gasteiger partial charge in [0, 0.05) is 3.57 Å². The Bertz CT molecular complexity index is 526. The zero-order valence-corrected chi connectivity index (χ0v) is 12.1. The highest BCUT2D eigenvalue weighted by Crippen LogP contribution is 2.35. The van der Waals surface area contributed by atoms with Crippen LogP contribution in [-0.4, -0.2) is 24.0 Å². The van der Waals surface area contributed by atoms with Gasteiger partial charge in [0.2, 0.25) is 0 Å². The summed E-state index contributed by atoms with van der Waals surface area (Å²) >= 11 is 8.24. The largest absolute Gasteiger partial charge is 0.355 e. The number of amides is 2. The smallest absolute Gasteiger partial charge is 0.263 e. The third kappa shape index (κ3) is 1.85. The number of imide groups is 1. The first-order chi connectivity index (χ1) is 8.58. The topological polar surface area (TPSA) is 46.6 Å². The van der Waals surface area contributed by atoms with Crippen LogP contribution >= 0.6 is 34.2 Å². The van der Waals surface area contributed by atoms with Gasteiger partial charge in [-0.25, -0.2) is 4.90 Å². The van der Waals surface area contributed by atoms with Crippen LogP contribution in [0.25, 0.3) is 0 Å². The molecule has 0 aromatic heterocycles. The lowest BCUT2D eigenvalue weighted by atomic mass is 10.2. The lowest BCUT2D eigenvalue weighted by Gasteiger charge is -2.30. The van der Waals surface area contributed by atoms with Crippen LogP contribution in [0, 0.1) is 3.57 Å². The first-order valence-corrected chi connectivity index (χ1v) is 7.02. The number of carbonyl (C=O) groups excluding carboxylic acids is 2. The summed E-state index contributed by atoms with van der Waals surface area (Å²) in [5.41, 5.74) is 0.451. The highest BCUT2D eigenvalue weighted by molar-refractivity contribution is 14.1. The average molecular weight is 378 g/mol. The van der Waals surface area contributed by atoms with Crippen molar-refractivity contribution < 1.29 is 14.3 Å². The van der Waals surface area contributed by atoms with Crippen molar-refractivity contribution in [2.24, 2.45) is 0 Å². The van der Waals surface area contributed by atoms with Gasteiger partial charge in [-0.15, -0.1) is 0 Å². The number of nitrogens with zero attached hydrogens (tertiary/aromatic N) is 1. The Kier molecular flexibility index (Phi) is 3.07. The molecule has 2 fully saturated rings. The first-order valence-electron chi connectivity index (χ1n) is 5.56. The van der Waals surface area contributed by atoms with Crippen LogP contribution in [0.1, 0.15) is 12.8 Å². The Morgan fingerprint density at radius 1 is 1.22 bits per heavy atom. The van der Waals surface area contributed by atoms with Crippen LogP contribution in [0.3, 0.4) is 0 Å². The van der Waals surface area contributed by atoms with Crippen LogP contribution in [0.4, 0.5) is 5.69 Å². The molecule has 18 heavy (non-hydrogen) atoms. The van der Waals surface area contributed by atoms with Gasteiger partial charge in [0.15, 0.2) is 0 Å². The van der Waals surface area contributed by atoms with Crippen LogP contribution in [0.15, 0.2) is 18.2 Å². The second-order valence-corrected chi connectivity index (χ2v) is 5.95. The molecule has 0 spiro atoms. The molecule has 6 heteroatoms. The lowest BCUT2D eigenvalue weighted by Crippen LogP contribution is -2.52. The maximum Gasteiger partial charge on any atom is 0.263 e. The zero-order chi connectivity index (χ0) is 12.9.